The minimum Gasteiger partial charge on any atom is -0.399 e. The number of oxime groups is 1. The van der Waals surface area contributed by atoms with Gasteiger partial charge in [0.15, 0.2) is 0 Å². The molecule has 78 valence electrons. The number of aryl methyl sites for hydroxylation is 1. The van der Waals surface area contributed by atoms with Gasteiger partial charge >= 0.3 is 0 Å². The molecule has 3 heteroatoms. The van der Waals surface area contributed by atoms with Gasteiger partial charge in [-0.3, -0.25) is 0 Å². The molecule has 0 aliphatic rings. The predicted molar refractivity (Wildman–Crippen MR) is 62.1 cm³/mol. The van der Waals surface area contributed by atoms with Crippen LogP contribution >= 0.6 is 0 Å². The molecule has 0 unspecified atom stereocenters. The van der Waals surface area contributed by atoms with E-state index in [9.17, 15) is 0 Å². The van der Waals surface area contributed by atoms with Crippen LogP contribution in [0.25, 0.3) is 10.9 Å². The number of rotatable bonds is 2. The maximum Gasteiger partial charge on any atom is 0.106 e. The third-order valence-corrected chi connectivity index (χ3v) is 2.55. The second-order valence-corrected chi connectivity index (χ2v) is 3.51. The van der Waals surface area contributed by atoms with E-state index in [-0.39, 0.29) is 0 Å². The molecule has 0 fully saturated rings. The molecule has 1 heterocycles. The van der Waals surface area contributed by atoms with Crippen LogP contribution in [0.2, 0.25) is 0 Å². The molecule has 0 saturated carbocycles. The largest absolute Gasteiger partial charge is 0.399 e. The zero-order valence-electron chi connectivity index (χ0n) is 9.19. The number of hydrogen-bond donors (Lipinski definition) is 0. The molecular formula is C12H14N2O. The van der Waals surface area contributed by atoms with Gasteiger partial charge in [0.25, 0.3) is 0 Å². The molecule has 3 nitrogen and oxygen atoms in total. The van der Waals surface area contributed by atoms with Crippen molar-refractivity contribution in [1.82, 2.24) is 4.57 Å². The molecule has 0 spiro atoms. The van der Waals surface area contributed by atoms with E-state index >= 15 is 0 Å². The van der Waals surface area contributed by atoms with E-state index in [0.29, 0.717) is 0 Å². The molecule has 1 aromatic heterocycles. The lowest BCUT2D eigenvalue weighted by atomic mass is 10.2. The van der Waals surface area contributed by atoms with Crippen molar-refractivity contribution in [2.24, 2.45) is 12.2 Å². The maximum atomic E-state index is 4.78. The van der Waals surface area contributed by atoms with Crippen molar-refractivity contribution in [3.63, 3.8) is 0 Å². The lowest BCUT2D eigenvalue weighted by Gasteiger charge is -2.02. The van der Waals surface area contributed by atoms with Crippen LogP contribution in [0.4, 0.5) is 0 Å². The van der Waals surface area contributed by atoms with Gasteiger partial charge in [0.1, 0.15) is 12.8 Å². The summed E-state index contributed by atoms with van der Waals surface area (Å²) < 4.78 is 2.12. The van der Waals surface area contributed by atoms with Crippen LogP contribution < -0.4 is 0 Å². The van der Waals surface area contributed by atoms with Gasteiger partial charge in [-0.15, -0.1) is 0 Å². The van der Waals surface area contributed by atoms with Crippen molar-refractivity contribution >= 4 is 16.6 Å². The van der Waals surface area contributed by atoms with Gasteiger partial charge in [0.05, 0.1) is 5.69 Å². The molecule has 2 rings (SSSR count). The van der Waals surface area contributed by atoms with Crippen LogP contribution in [0.3, 0.4) is 0 Å². The summed E-state index contributed by atoms with van der Waals surface area (Å²) in [5, 5.41) is 5.17. The first-order valence-corrected chi connectivity index (χ1v) is 4.86. The Balaban J connectivity index is 2.63. The molecule has 0 bridgehead atoms. The summed E-state index contributed by atoms with van der Waals surface area (Å²) in [6.07, 6.45) is 0. The third kappa shape index (κ3) is 1.61. The summed E-state index contributed by atoms with van der Waals surface area (Å²) in [6, 6.07) is 10.4. The number of para-hydroxylation sites is 1. The van der Waals surface area contributed by atoms with Crippen LogP contribution in [0, 0.1) is 0 Å². The SMILES string of the molecule is CON=C(C)c1cc2ccccc2n1C. The maximum absolute atomic E-state index is 4.78. The zero-order valence-corrected chi connectivity index (χ0v) is 9.19. The van der Waals surface area contributed by atoms with Crippen molar-refractivity contribution in [3.05, 3.63) is 36.0 Å². The van der Waals surface area contributed by atoms with Gasteiger partial charge in [-0.05, 0) is 19.1 Å². The molecule has 0 radical (unpaired) electrons. The van der Waals surface area contributed by atoms with Gasteiger partial charge < -0.3 is 9.40 Å². The molecule has 0 saturated heterocycles. The number of aromatic nitrogens is 1. The molecule has 0 amide bonds. The van der Waals surface area contributed by atoms with Crippen molar-refractivity contribution < 1.29 is 4.84 Å². The Kier molecular flexibility index (Phi) is 2.46. The Morgan fingerprint density at radius 1 is 1.33 bits per heavy atom. The Hall–Kier alpha value is -1.77. The highest BCUT2D eigenvalue weighted by Crippen LogP contribution is 2.18. The van der Waals surface area contributed by atoms with Crippen LogP contribution in [-0.2, 0) is 11.9 Å². The third-order valence-electron chi connectivity index (χ3n) is 2.55. The smallest absolute Gasteiger partial charge is 0.106 e. The molecule has 0 aliphatic heterocycles. The highest BCUT2D eigenvalue weighted by molar-refractivity contribution is 6.01. The topological polar surface area (TPSA) is 26.5 Å². The fourth-order valence-electron chi connectivity index (χ4n) is 1.82. The highest BCUT2D eigenvalue weighted by Gasteiger charge is 2.07. The van der Waals surface area contributed by atoms with Crippen LogP contribution in [0.1, 0.15) is 12.6 Å². The monoisotopic (exact) mass is 202 g/mol. The number of hydrogen-bond acceptors (Lipinski definition) is 2. The summed E-state index contributed by atoms with van der Waals surface area (Å²) in [7, 11) is 3.60. The van der Waals surface area contributed by atoms with Crippen LogP contribution in [-0.4, -0.2) is 17.4 Å². The highest BCUT2D eigenvalue weighted by atomic mass is 16.6. The van der Waals surface area contributed by atoms with Gasteiger partial charge in [0.2, 0.25) is 0 Å². The van der Waals surface area contributed by atoms with E-state index in [0.717, 1.165) is 11.4 Å². The zero-order chi connectivity index (χ0) is 10.8. The van der Waals surface area contributed by atoms with Gasteiger partial charge in [-0.1, -0.05) is 23.4 Å². The number of fused-ring (bicyclic) bond motifs is 1. The summed E-state index contributed by atoms with van der Waals surface area (Å²) in [5.41, 5.74) is 3.17. The van der Waals surface area contributed by atoms with Crippen LogP contribution in [0.15, 0.2) is 35.5 Å². The van der Waals surface area contributed by atoms with Crippen molar-refractivity contribution in [2.75, 3.05) is 7.11 Å². The molecule has 0 aliphatic carbocycles. The molecule has 0 N–H and O–H groups in total. The number of nitrogens with zero attached hydrogens (tertiary/aromatic N) is 2. The van der Waals surface area contributed by atoms with E-state index < -0.39 is 0 Å². The Labute approximate surface area is 89.0 Å². The van der Waals surface area contributed by atoms with E-state index in [1.165, 1.54) is 10.9 Å². The second kappa shape index (κ2) is 3.77. The first-order valence-electron chi connectivity index (χ1n) is 4.86. The van der Waals surface area contributed by atoms with Gasteiger partial charge in [-0.2, -0.15) is 0 Å². The minimum absolute atomic E-state index is 0.885. The second-order valence-electron chi connectivity index (χ2n) is 3.51. The first-order chi connectivity index (χ1) is 7.24. The summed E-state index contributed by atoms with van der Waals surface area (Å²) >= 11 is 0. The van der Waals surface area contributed by atoms with E-state index in [1.807, 2.05) is 26.1 Å². The van der Waals surface area contributed by atoms with Crippen molar-refractivity contribution in [3.8, 4) is 0 Å². The van der Waals surface area contributed by atoms with E-state index in [4.69, 9.17) is 4.84 Å². The fourth-order valence-corrected chi connectivity index (χ4v) is 1.82. The van der Waals surface area contributed by atoms with Crippen molar-refractivity contribution in [1.29, 1.82) is 0 Å². The quantitative estimate of drug-likeness (QED) is 0.543. The molecule has 2 aromatic rings. The Bertz CT molecular complexity index is 511. The van der Waals surface area contributed by atoms with Crippen LogP contribution in [0.5, 0.6) is 0 Å². The molecule has 0 atom stereocenters. The summed E-state index contributed by atoms with van der Waals surface area (Å²) in [4.78, 5) is 4.78. The van der Waals surface area contributed by atoms with Crippen molar-refractivity contribution in [2.45, 2.75) is 6.92 Å². The average molecular weight is 202 g/mol. The fraction of sp³-hybridized carbons (Fsp3) is 0.250. The normalized spacial score (nSPS) is 12.1. The lowest BCUT2D eigenvalue weighted by molar-refractivity contribution is 0.213. The molecule has 1 aromatic carbocycles. The molecular weight excluding hydrogens is 188 g/mol. The minimum atomic E-state index is 0.885. The first kappa shape index (κ1) is 9.77. The Morgan fingerprint density at radius 3 is 2.73 bits per heavy atom. The van der Waals surface area contributed by atoms with Gasteiger partial charge in [-0.25, -0.2) is 0 Å². The lowest BCUT2D eigenvalue weighted by Crippen LogP contribution is -2.02. The number of benzene rings is 1. The van der Waals surface area contributed by atoms with Gasteiger partial charge in [0, 0.05) is 18.0 Å². The summed E-state index contributed by atoms with van der Waals surface area (Å²) in [5.74, 6) is 0. The van der Waals surface area contributed by atoms with E-state index in [2.05, 4.69) is 27.9 Å². The molecule has 15 heavy (non-hydrogen) atoms. The summed E-state index contributed by atoms with van der Waals surface area (Å²) in [6.45, 7) is 1.94. The average Bonchev–Trinajstić information content (AvgIpc) is 2.57. The van der Waals surface area contributed by atoms with E-state index in [1.54, 1.807) is 7.11 Å². The predicted octanol–water partition coefficient (Wildman–Crippen LogP) is 2.55. The standard InChI is InChI=1S/C12H14N2O/c1-9(13-15-3)12-8-10-6-4-5-7-11(10)14(12)2/h4-8H,1-3H3. The Morgan fingerprint density at radius 2 is 2.07 bits per heavy atom.